The summed E-state index contributed by atoms with van der Waals surface area (Å²) in [5, 5.41) is 0. The highest BCUT2D eigenvalue weighted by Crippen LogP contribution is 2.55. The number of phosphoric acid groups is 1. The van der Waals surface area contributed by atoms with Crippen molar-refractivity contribution in [3.8, 4) is 0 Å². The molecule has 0 fully saturated rings. The Bertz CT molecular complexity index is 413. The summed E-state index contributed by atoms with van der Waals surface area (Å²) >= 11 is 0. The van der Waals surface area contributed by atoms with Gasteiger partial charge in [-0.2, -0.15) is 0 Å². The molecule has 0 spiro atoms. The Hall–Kier alpha value is -0.150. The van der Waals surface area contributed by atoms with Crippen LogP contribution in [0.15, 0.2) is 12.2 Å². The van der Waals surface area contributed by atoms with Crippen LogP contribution < -0.4 is 0 Å². The van der Waals surface area contributed by atoms with Crippen LogP contribution in [-0.4, -0.2) is 17.8 Å². The quantitative estimate of drug-likeness (QED) is 0.157. The van der Waals surface area contributed by atoms with Gasteiger partial charge in [-0.3, -0.25) is 13.6 Å². The zero-order valence-electron chi connectivity index (χ0n) is 19.0. The lowest BCUT2D eigenvalue weighted by molar-refractivity contribution is 0.00298. The van der Waals surface area contributed by atoms with E-state index in [9.17, 15) is 4.57 Å². The summed E-state index contributed by atoms with van der Waals surface area (Å²) in [6.45, 7) is 13.7. The molecule has 27 heavy (non-hydrogen) atoms. The maximum Gasteiger partial charge on any atom is 0.475 e. The average Bonchev–Trinajstić information content (AvgIpc) is 2.48. The van der Waals surface area contributed by atoms with Crippen molar-refractivity contribution in [2.75, 3.05) is 6.61 Å². The van der Waals surface area contributed by atoms with Crippen molar-refractivity contribution in [1.82, 2.24) is 0 Å². The molecule has 0 aromatic carbocycles. The topological polar surface area (TPSA) is 44.8 Å². The van der Waals surface area contributed by atoms with Crippen molar-refractivity contribution >= 4 is 7.82 Å². The minimum Gasteiger partial charge on any atom is -0.287 e. The highest BCUT2D eigenvalue weighted by Gasteiger charge is 2.36. The number of phosphoric ester groups is 1. The summed E-state index contributed by atoms with van der Waals surface area (Å²) in [5.74, 6) is 0. The van der Waals surface area contributed by atoms with Gasteiger partial charge in [0.2, 0.25) is 0 Å². The SMILES string of the molecule is CCC=CCCCCCCCCCCOP(=O)(OC(C)(C)C)OC(C)(C)C. The number of unbranched alkanes of at least 4 members (excludes halogenated alkanes) is 8. The molecular formula is C22H45O4P. The van der Waals surface area contributed by atoms with Crippen molar-refractivity contribution in [3.63, 3.8) is 0 Å². The second kappa shape index (κ2) is 13.9. The van der Waals surface area contributed by atoms with E-state index in [1.165, 1.54) is 44.9 Å². The van der Waals surface area contributed by atoms with Crippen LogP contribution in [0.4, 0.5) is 0 Å². The number of allylic oxidation sites excluding steroid dienone is 2. The van der Waals surface area contributed by atoms with Crippen molar-refractivity contribution in [1.29, 1.82) is 0 Å². The van der Waals surface area contributed by atoms with Crippen LogP contribution in [0, 0.1) is 0 Å². The molecule has 0 saturated heterocycles. The molecule has 5 heteroatoms. The molecule has 0 unspecified atom stereocenters. The lowest BCUT2D eigenvalue weighted by atomic mass is 10.1. The maximum absolute atomic E-state index is 12.9. The predicted molar refractivity (Wildman–Crippen MR) is 116 cm³/mol. The normalized spacial score (nSPS) is 13.6. The molecule has 0 aromatic rings. The molecule has 0 aliphatic heterocycles. The van der Waals surface area contributed by atoms with E-state index in [2.05, 4.69) is 19.1 Å². The first-order valence-corrected chi connectivity index (χ1v) is 12.2. The Morgan fingerprint density at radius 2 is 1.15 bits per heavy atom. The fourth-order valence-electron chi connectivity index (χ4n) is 2.63. The molecule has 0 saturated carbocycles. The zero-order valence-corrected chi connectivity index (χ0v) is 19.9. The number of rotatable bonds is 15. The van der Waals surface area contributed by atoms with Gasteiger partial charge in [-0.25, -0.2) is 4.57 Å². The summed E-state index contributed by atoms with van der Waals surface area (Å²) in [7, 11) is -3.55. The van der Waals surface area contributed by atoms with E-state index in [1.807, 2.05) is 41.5 Å². The van der Waals surface area contributed by atoms with E-state index in [4.69, 9.17) is 13.6 Å². The third-order valence-electron chi connectivity index (χ3n) is 3.69. The molecule has 0 amide bonds. The summed E-state index contributed by atoms with van der Waals surface area (Å²) in [4.78, 5) is 0. The minimum absolute atomic E-state index is 0.410. The van der Waals surface area contributed by atoms with Gasteiger partial charge >= 0.3 is 7.82 Å². The van der Waals surface area contributed by atoms with Gasteiger partial charge in [-0.05, 0) is 67.2 Å². The molecule has 0 radical (unpaired) electrons. The monoisotopic (exact) mass is 404 g/mol. The average molecular weight is 405 g/mol. The van der Waals surface area contributed by atoms with E-state index < -0.39 is 19.0 Å². The summed E-state index contributed by atoms with van der Waals surface area (Å²) < 4.78 is 29.7. The Morgan fingerprint density at radius 1 is 0.704 bits per heavy atom. The van der Waals surface area contributed by atoms with E-state index in [-0.39, 0.29) is 0 Å². The predicted octanol–water partition coefficient (Wildman–Crippen LogP) is 8.22. The summed E-state index contributed by atoms with van der Waals surface area (Å²) in [5.41, 5.74) is -1.15. The smallest absolute Gasteiger partial charge is 0.287 e. The standard InChI is InChI=1S/C22H45O4P/c1-8-9-10-11-12-13-14-15-16-17-18-19-20-24-27(23,25-21(2,3)4)26-22(5,6)7/h9-10H,8,11-20H2,1-7H3. The van der Waals surface area contributed by atoms with Crippen LogP contribution in [0.2, 0.25) is 0 Å². The second-order valence-corrected chi connectivity index (χ2v) is 10.7. The first-order valence-electron chi connectivity index (χ1n) is 10.8. The molecule has 0 N–H and O–H groups in total. The van der Waals surface area contributed by atoms with E-state index in [0.29, 0.717) is 6.61 Å². The first kappa shape index (κ1) is 26.9. The maximum atomic E-state index is 12.9. The molecule has 0 atom stereocenters. The van der Waals surface area contributed by atoms with E-state index in [1.54, 1.807) is 0 Å². The van der Waals surface area contributed by atoms with Gasteiger partial charge in [-0.1, -0.05) is 57.6 Å². The van der Waals surface area contributed by atoms with Crippen LogP contribution in [0.25, 0.3) is 0 Å². The minimum atomic E-state index is -3.55. The van der Waals surface area contributed by atoms with Crippen LogP contribution in [-0.2, 0) is 18.1 Å². The molecule has 0 rings (SSSR count). The van der Waals surface area contributed by atoms with Gasteiger partial charge in [0.15, 0.2) is 0 Å². The van der Waals surface area contributed by atoms with Crippen molar-refractivity contribution in [2.45, 2.75) is 124 Å². The van der Waals surface area contributed by atoms with Gasteiger partial charge in [0.05, 0.1) is 17.8 Å². The fourth-order valence-corrected chi connectivity index (χ4v) is 4.46. The lowest BCUT2D eigenvalue weighted by Gasteiger charge is -2.30. The fraction of sp³-hybridized carbons (Fsp3) is 0.909. The van der Waals surface area contributed by atoms with Crippen molar-refractivity contribution in [3.05, 3.63) is 12.2 Å². The molecule has 0 aromatic heterocycles. The molecular weight excluding hydrogens is 359 g/mol. The zero-order chi connectivity index (χ0) is 20.8. The number of hydrogen-bond acceptors (Lipinski definition) is 4. The van der Waals surface area contributed by atoms with Crippen LogP contribution in [0.1, 0.15) is 113 Å². The first-order chi connectivity index (χ1) is 12.5. The van der Waals surface area contributed by atoms with Crippen LogP contribution in [0.3, 0.4) is 0 Å². The van der Waals surface area contributed by atoms with Crippen LogP contribution in [0.5, 0.6) is 0 Å². The summed E-state index contributed by atoms with van der Waals surface area (Å²) in [6, 6.07) is 0. The Kier molecular flexibility index (Phi) is 13.9. The Morgan fingerprint density at radius 3 is 1.59 bits per heavy atom. The van der Waals surface area contributed by atoms with Crippen molar-refractivity contribution in [2.24, 2.45) is 0 Å². The van der Waals surface area contributed by atoms with Crippen molar-refractivity contribution < 1.29 is 18.1 Å². The molecule has 4 nitrogen and oxygen atoms in total. The van der Waals surface area contributed by atoms with Gasteiger partial charge < -0.3 is 0 Å². The van der Waals surface area contributed by atoms with E-state index in [0.717, 1.165) is 19.3 Å². The largest absolute Gasteiger partial charge is 0.475 e. The van der Waals surface area contributed by atoms with Crippen LogP contribution >= 0.6 is 7.82 Å². The molecule has 162 valence electrons. The third kappa shape index (κ3) is 19.0. The van der Waals surface area contributed by atoms with Gasteiger partial charge in [-0.15, -0.1) is 0 Å². The molecule has 0 bridgehead atoms. The highest BCUT2D eigenvalue weighted by atomic mass is 31.2. The van der Waals surface area contributed by atoms with Gasteiger partial charge in [0.1, 0.15) is 0 Å². The highest BCUT2D eigenvalue weighted by molar-refractivity contribution is 7.48. The van der Waals surface area contributed by atoms with Gasteiger partial charge in [0.25, 0.3) is 0 Å². The molecule has 0 aliphatic rings. The van der Waals surface area contributed by atoms with E-state index >= 15 is 0 Å². The third-order valence-corrected chi connectivity index (χ3v) is 5.73. The lowest BCUT2D eigenvalue weighted by Crippen LogP contribution is -2.24. The Labute approximate surface area is 169 Å². The summed E-state index contributed by atoms with van der Waals surface area (Å²) in [6.07, 6.45) is 16.6. The Balaban J connectivity index is 3.86. The van der Waals surface area contributed by atoms with Gasteiger partial charge in [0, 0.05) is 0 Å². The second-order valence-electron chi connectivity index (χ2n) is 9.18. The molecule has 0 heterocycles. The molecule has 0 aliphatic carbocycles. The number of hydrogen-bond donors (Lipinski definition) is 0.